The standard InChI is InChI=1S/C28H46O/c1-18(2)19(3)7-8-20(4)24-11-12-25-23-10-9-21-17-22(29)13-15-27(21,5)26(23)14-16-28(24,25)6/h10,18,20-22,24-26,29H,3,7-9,11-17H2,1-2,4-6H3/t20?,21?,22-,24?,25?,26?,27-,28+/m0/s1. The highest BCUT2D eigenvalue weighted by Gasteiger charge is 2.58. The zero-order valence-electron chi connectivity index (χ0n) is 19.8. The first-order valence-corrected chi connectivity index (χ1v) is 12.7. The van der Waals surface area contributed by atoms with Gasteiger partial charge < -0.3 is 5.11 Å². The van der Waals surface area contributed by atoms with Crippen molar-refractivity contribution in [1.29, 1.82) is 0 Å². The Labute approximate surface area is 180 Å². The van der Waals surface area contributed by atoms with Gasteiger partial charge in [0.25, 0.3) is 0 Å². The summed E-state index contributed by atoms with van der Waals surface area (Å²) >= 11 is 0. The SMILES string of the molecule is C=C(CCC(C)C1CCC2C3=CCC4C[C@@H](O)CC[C@]4(C)C3CC[C@@]21C)C(C)C. The third-order valence-electron chi connectivity index (χ3n) is 10.5. The highest BCUT2D eigenvalue weighted by Crippen LogP contribution is 2.66. The van der Waals surface area contributed by atoms with E-state index in [9.17, 15) is 5.11 Å². The quantitative estimate of drug-likeness (QED) is 0.474. The summed E-state index contributed by atoms with van der Waals surface area (Å²) in [6, 6.07) is 0. The van der Waals surface area contributed by atoms with Crippen molar-refractivity contribution in [2.45, 2.75) is 105 Å². The van der Waals surface area contributed by atoms with Crippen LogP contribution in [0.2, 0.25) is 0 Å². The summed E-state index contributed by atoms with van der Waals surface area (Å²) < 4.78 is 0. The zero-order valence-corrected chi connectivity index (χ0v) is 19.8. The summed E-state index contributed by atoms with van der Waals surface area (Å²) in [6.45, 7) is 16.7. The Kier molecular flexibility index (Phi) is 5.86. The van der Waals surface area contributed by atoms with Crippen LogP contribution in [0, 0.1) is 46.3 Å². The van der Waals surface area contributed by atoms with Crippen molar-refractivity contribution >= 4 is 0 Å². The Balaban J connectivity index is 1.50. The van der Waals surface area contributed by atoms with E-state index in [0.29, 0.717) is 22.7 Å². The molecular weight excluding hydrogens is 352 g/mol. The average molecular weight is 399 g/mol. The molecule has 4 aliphatic carbocycles. The van der Waals surface area contributed by atoms with Crippen LogP contribution in [0.25, 0.3) is 0 Å². The van der Waals surface area contributed by atoms with Crippen LogP contribution in [0.5, 0.6) is 0 Å². The molecule has 0 bridgehead atoms. The van der Waals surface area contributed by atoms with Crippen LogP contribution in [0.15, 0.2) is 23.8 Å². The van der Waals surface area contributed by atoms with Crippen molar-refractivity contribution in [2.75, 3.05) is 0 Å². The van der Waals surface area contributed by atoms with Gasteiger partial charge in [0.2, 0.25) is 0 Å². The summed E-state index contributed by atoms with van der Waals surface area (Å²) in [5.41, 5.74) is 4.26. The molecule has 0 aromatic rings. The lowest BCUT2D eigenvalue weighted by atomic mass is 9.47. The summed E-state index contributed by atoms with van der Waals surface area (Å²) in [6.07, 6.45) is 15.3. The van der Waals surface area contributed by atoms with Gasteiger partial charge in [0.1, 0.15) is 0 Å². The molecule has 4 rings (SSSR count). The van der Waals surface area contributed by atoms with E-state index in [2.05, 4.69) is 47.3 Å². The predicted octanol–water partition coefficient (Wildman–Crippen LogP) is 7.55. The molecule has 29 heavy (non-hydrogen) atoms. The zero-order chi connectivity index (χ0) is 21.0. The van der Waals surface area contributed by atoms with Gasteiger partial charge in [-0.25, -0.2) is 0 Å². The Bertz CT molecular complexity index is 659. The number of allylic oxidation sites excluding steroid dienone is 3. The van der Waals surface area contributed by atoms with E-state index >= 15 is 0 Å². The summed E-state index contributed by atoms with van der Waals surface area (Å²) in [5.74, 6) is 4.65. The van der Waals surface area contributed by atoms with Crippen LogP contribution in [0.4, 0.5) is 0 Å². The lowest BCUT2D eigenvalue weighted by molar-refractivity contribution is -0.0427. The average Bonchev–Trinajstić information content (AvgIpc) is 3.03. The van der Waals surface area contributed by atoms with Crippen molar-refractivity contribution in [3.05, 3.63) is 23.8 Å². The second-order valence-corrected chi connectivity index (χ2v) is 12.2. The molecule has 5 unspecified atom stereocenters. The molecule has 0 spiro atoms. The second-order valence-electron chi connectivity index (χ2n) is 12.2. The largest absolute Gasteiger partial charge is 0.393 e. The maximum atomic E-state index is 10.2. The lowest BCUT2D eigenvalue weighted by Crippen LogP contribution is -2.49. The molecule has 0 aliphatic heterocycles. The molecule has 1 N–H and O–H groups in total. The van der Waals surface area contributed by atoms with Gasteiger partial charge in [0.05, 0.1) is 6.10 Å². The molecule has 4 aliphatic rings. The molecular formula is C28H46O. The van der Waals surface area contributed by atoms with Gasteiger partial charge >= 0.3 is 0 Å². The van der Waals surface area contributed by atoms with Crippen LogP contribution in [-0.2, 0) is 0 Å². The Morgan fingerprint density at radius 3 is 2.48 bits per heavy atom. The Hall–Kier alpha value is -0.560. The van der Waals surface area contributed by atoms with Gasteiger partial charge in [-0.15, -0.1) is 0 Å². The number of aliphatic hydroxyl groups is 1. The summed E-state index contributed by atoms with van der Waals surface area (Å²) in [5, 5.41) is 10.2. The number of aliphatic hydroxyl groups excluding tert-OH is 1. The molecule has 1 heteroatoms. The minimum Gasteiger partial charge on any atom is -0.393 e. The van der Waals surface area contributed by atoms with Gasteiger partial charge in [-0.3, -0.25) is 0 Å². The highest BCUT2D eigenvalue weighted by molar-refractivity contribution is 5.27. The molecule has 0 heterocycles. The third kappa shape index (κ3) is 3.58. The topological polar surface area (TPSA) is 20.2 Å². The summed E-state index contributed by atoms with van der Waals surface area (Å²) in [4.78, 5) is 0. The second kappa shape index (κ2) is 7.85. The first kappa shape index (κ1) is 21.7. The van der Waals surface area contributed by atoms with Gasteiger partial charge in [0.15, 0.2) is 0 Å². The van der Waals surface area contributed by atoms with Crippen LogP contribution < -0.4 is 0 Å². The number of rotatable bonds is 5. The minimum absolute atomic E-state index is 0.0471. The molecule has 0 aromatic heterocycles. The van der Waals surface area contributed by atoms with E-state index in [1.807, 2.05) is 5.57 Å². The Morgan fingerprint density at radius 1 is 1.07 bits per heavy atom. The maximum Gasteiger partial charge on any atom is 0.0543 e. The van der Waals surface area contributed by atoms with Crippen molar-refractivity contribution < 1.29 is 5.11 Å². The number of hydrogen-bond acceptors (Lipinski definition) is 1. The highest BCUT2D eigenvalue weighted by atomic mass is 16.3. The number of hydrogen-bond donors (Lipinski definition) is 1. The summed E-state index contributed by atoms with van der Waals surface area (Å²) in [7, 11) is 0. The number of fused-ring (bicyclic) bond motifs is 5. The fraction of sp³-hybridized carbons (Fsp3) is 0.857. The molecule has 1 nitrogen and oxygen atoms in total. The molecule has 0 radical (unpaired) electrons. The van der Waals surface area contributed by atoms with Crippen molar-refractivity contribution in [2.24, 2.45) is 46.3 Å². The van der Waals surface area contributed by atoms with E-state index in [0.717, 1.165) is 36.5 Å². The molecule has 164 valence electrons. The van der Waals surface area contributed by atoms with Crippen LogP contribution in [0.1, 0.15) is 98.8 Å². The first-order valence-electron chi connectivity index (χ1n) is 12.7. The maximum absolute atomic E-state index is 10.2. The normalized spacial score (nSPS) is 45.2. The van der Waals surface area contributed by atoms with Gasteiger partial charge in [-0.1, -0.05) is 58.4 Å². The molecule has 3 fully saturated rings. The van der Waals surface area contributed by atoms with Crippen LogP contribution in [-0.4, -0.2) is 11.2 Å². The molecule has 8 atom stereocenters. The molecule has 0 saturated heterocycles. The molecule has 3 saturated carbocycles. The molecule has 0 aromatic carbocycles. The van der Waals surface area contributed by atoms with Crippen molar-refractivity contribution in [3.63, 3.8) is 0 Å². The fourth-order valence-corrected chi connectivity index (χ4v) is 8.37. The van der Waals surface area contributed by atoms with Gasteiger partial charge in [-0.2, -0.15) is 0 Å². The predicted molar refractivity (Wildman–Crippen MR) is 124 cm³/mol. The van der Waals surface area contributed by atoms with Crippen LogP contribution >= 0.6 is 0 Å². The fourth-order valence-electron chi connectivity index (χ4n) is 8.37. The van der Waals surface area contributed by atoms with E-state index in [1.165, 1.54) is 56.9 Å². The third-order valence-corrected chi connectivity index (χ3v) is 10.5. The first-order chi connectivity index (χ1) is 13.7. The van der Waals surface area contributed by atoms with Crippen molar-refractivity contribution in [3.8, 4) is 0 Å². The van der Waals surface area contributed by atoms with E-state index in [1.54, 1.807) is 0 Å². The Morgan fingerprint density at radius 2 is 1.76 bits per heavy atom. The lowest BCUT2D eigenvalue weighted by Gasteiger charge is -2.57. The molecule has 0 amide bonds. The smallest absolute Gasteiger partial charge is 0.0543 e. The van der Waals surface area contributed by atoms with E-state index in [4.69, 9.17) is 0 Å². The van der Waals surface area contributed by atoms with E-state index < -0.39 is 0 Å². The van der Waals surface area contributed by atoms with Crippen LogP contribution in [0.3, 0.4) is 0 Å². The monoisotopic (exact) mass is 398 g/mol. The van der Waals surface area contributed by atoms with Gasteiger partial charge in [0, 0.05) is 0 Å². The van der Waals surface area contributed by atoms with Crippen molar-refractivity contribution in [1.82, 2.24) is 0 Å². The minimum atomic E-state index is -0.0471. The van der Waals surface area contributed by atoms with Gasteiger partial charge in [-0.05, 0) is 111 Å². The van der Waals surface area contributed by atoms with E-state index in [-0.39, 0.29) is 6.10 Å².